The number of anilines is 2. The largest absolute Gasteiger partial charge is 0.356 e. The van der Waals surface area contributed by atoms with Crippen LogP contribution < -0.4 is 10.6 Å². The van der Waals surface area contributed by atoms with Gasteiger partial charge in [-0.05, 0) is 29.5 Å². The minimum absolute atomic E-state index is 0.0189. The lowest BCUT2D eigenvalue weighted by molar-refractivity contribution is -0.113. The summed E-state index contributed by atoms with van der Waals surface area (Å²) in [5.41, 5.74) is 4.48. The number of aryl methyl sites for hydroxylation is 2. The van der Waals surface area contributed by atoms with Crippen LogP contribution in [0.5, 0.6) is 0 Å². The summed E-state index contributed by atoms with van der Waals surface area (Å²) in [6, 6.07) is 16.3. The number of rotatable bonds is 9. The monoisotopic (exact) mass is 412 g/mol. The Labute approximate surface area is 174 Å². The van der Waals surface area contributed by atoms with E-state index in [1.165, 1.54) is 39.8 Å². The molecule has 1 aromatic heterocycles. The first-order valence-electron chi connectivity index (χ1n) is 9.34. The number of thioether (sulfide) groups is 1. The third kappa shape index (κ3) is 5.56. The molecule has 0 saturated heterocycles. The van der Waals surface area contributed by atoms with E-state index in [2.05, 4.69) is 58.9 Å². The zero-order chi connectivity index (χ0) is 19.8. The van der Waals surface area contributed by atoms with Crippen LogP contribution in [0.1, 0.15) is 30.5 Å². The molecule has 0 aliphatic rings. The van der Waals surface area contributed by atoms with E-state index in [-0.39, 0.29) is 5.91 Å². The third-order valence-electron chi connectivity index (χ3n) is 4.28. The van der Waals surface area contributed by atoms with Gasteiger partial charge in [0.15, 0.2) is 4.34 Å². The molecular weight excluding hydrogens is 388 g/mol. The third-order valence-corrected chi connectivity index (χ3v) is 6.30. The Balaban J connectivity index is 1.52. The second-order valence-corrected chi connectivity index (χ2v) is 8.41. The van der Waals surface area contributed by atoms with E-state index in [9.17, 15) is 4.79 Å². The molecule has 0 atom stereocenters. The van der Waals surface area contributed by atoms with Crippen LogP contribution in [0, 0.1) is 0 Å². The van der Waals surface area contributed by atoms with Crippen molar-refractivity contribution in [3.8, 4) is 0 Å². The zero-order valence-corrected chi connectivity index (χ0v) is 17.7. The number of benzene rings is 2. The fourth-order valence-corrected chi connectivity index (χ4v) is 4.37. The van der Waals surface area contributed by atoms with Crippen molar-refractivity contribution >= 4 is 39.8 Å². The highest BCUT2D eigenvalue weighted by atomic mass is 32.2. The second-order valence-electron chi connectivity index (χ2n) is 6.21. The summed E-state index contributed by atoms with van der Waals surface area (Å²) in [5.74, 6) is 0.295. The maximum absolute atomic E-state index is 12.4. The summed E-state index contributed by atoms with van der Waals surface area (Å²) in [6.07, 6.45) is 1.78. The maximum atomic E-state index is 12.4. The zero-order valence-electron chi connectivity index (χ0n) is 16.1. The van der Waals surface area contributed by atoms with Gasteiger partial charge in [0.2, 0.25) is 11.0 Å². The van der Waals surface area contributed by atoms with Crippen molar-refractivity contribution in [3.63, 3.8) is 0 Å². The first-order chi connectivity index (χ1) is 13.7. The van der Waals surface area contributed by atoms with Crippen molar-refractivity contribution < 1.29 is 4.79 Å². The van der Waals surface area contributed by atoms with Gasteiger partial charge in [0.25, 0.3) is 0 Å². The van der Waals surface area contributed by atoms with Crippen LogP contribution >= 0.6 is 23.1 Å². The van der Waals surface area contributed by atoms with E-state index >= 15 is 0 Å². The molecule has 28 heavy (non-hydrogen) atoms. The average molecular weight is 413 g/mol. The lowest BCUT2D eigenvalue weighted by Crippen LogP contribution is -2.16. The topological polar surface area (TPSA) is 66.9 Å². The van der Waals surface area contributed by atoms with Crippen LogP contribution in [-0.2, 0) is 24.2 Å². The SMILES string of the molecule is CCc1cccc(CC)c1NC(=O)CSc1nnc(NCc2ccccc2)s1. The van der Waals surface area contributed by atoms with Gasteiger partial charge in [-0.1, -0.05) is 85.5 Å². The van der Waals surface area contributed by atoms with E-state index < -0.39 is 0 Å². The van der Waals surface area contributed by atoms with Crippen LogP contribution in [0.4, 0.5) is 10.8 Å². The van der Waals surface area contributed by atoms with Gasteiger partial charge in [-0.3, -0.25) is 4.79 Å². The number of carbonyl (C=O) groups is 1. The summed E-state index contributed by atoms with van der Waals surface area (Å²) in [6.45, 7) is 4.91. The summed E-state index contributed by atoms with van der Waals surface area (Å²) in [7, 11) is 0. The van der Waals surface area contributed by atoms with Crippen molar-refractivity contribution in [1.29, 1.82) is 0 Å². The molecule has 0 bridgehead atoms. The number of nitrogens with one attached hydrogen (secondary N) is 2. The molecule has 5 nitrogen and oxygen atoms in total. The molecule has 0 aliphatic heterocycles. The number of amides is 1. The van der Waals surface area contributed by atoms with E-state index in [0.29, 0.717) is 12.3 Å². The number of hydrogen-bond acceptors (Lipinski definition) is 6. The number of para-hydroxylation sites is 1. The molecule has 1 heterocycles. The van der Waals surface area contributed by atoms with Gasteiger partial charge in [0, 0.05) is 12.2 Å². The van der Waals surface area contributed by atoms with Gasteiger partial charge in [-0.2, -0.15) is 0 Å². The molecule has 0 aliphatic carbocycles. The normalized spacial score (nSPS) is 10.6. The summed E-state index contributed by atoms with van der Waals surface area (Å²) in [5, 5.41) is 15.4. The first-order valence-corrected chi connectivity index (χ1v) is 11.1. The molecule has 0 radical (unpaired) electrons. The lowest BCUT2D eigenvalue weighted by atomic mass is 10.0. The summed E-state index contributed by atoms with van der Waals surface area (Å²) in [4.78, 5) is 12.4. The van der Waals surface area contributed by atoms with Gasteiger partial charge in [-0.25, -0.2) is 0 Å². The molecule has 7 heteroatoms. The Morgan fingerprint density at radius 3 is 2.39 bits per heavy atom. The molecule has 1 amide bonds. The minimum atomic E-state index is -0.0189. The molecule has 0 saturated carbocycles. The summed E-state index contributed by atoms with van der Waals surface area (Å²) < 4.78 is 0.783. The Hall–Kier alpha value is -2.38. The van der Waals surface area contributed by atoms with Crippen molar-refractivity contribution in [3.05, 3.63) is 65.2 Å². The standard InChI is InChI=1S/C21H24N4OS2/c1-3-16-11-8-12-17(4-2)19(16)23-18(26)14-27-21-25-24-20(28-21)22-13-15-9-6-5-7-10-15/h5-12H,3-4,13-14H2,1-2H3,(H,22,24)(H,23,26). The van der Waals surface area contributed by atoms with Crippen molar-refractivity contribution in [2.45, 2.75) is 37.6 Å². The molecule has 146 valence electrons. The van der Waals surface area contributed by atoms with Gasteiger partial charge >= 0.3 is 0 Å². The van der Waals surface area contributed by atoms with Gasteiger partial charge < -0.3 is 10.6 Å². The van der Waals surface area contributed by atoms with Crippen molar-refractivity contribution in [2.24, 2.45) is 0 Å². The maximum Gasteiger partial charge on any atom is 0.234 e. The van der Waals surface area contributed by atoms with Crippen molar-refractivity contribution in [1.82, 2.24) is 10.2 Å². The molecule has 3 aromatic rings. The molecule has 0 spiro atoms. The van der Waals surface area contributed by atoms with E-state index in [1.54, 1.807) is 0 Å². The van der Waals surface area contributed by atoms with Crippen LogP contribution in [0.25, 0.3) is 0 Å². The highest BCUT2D eigenvalue weighted by molar-refractivity contribution is 8.01. The second kappa shape index (κ2) is 10.2. The molecule has 0 fully saturated rings. The highest BCUT2D eigenvalue weighted by Gasteiger charge is 2.12. The molecular formula is C21H24N4OS2. The highest BCUT2D eigenvalue weighted by Crippen LogP contribution is 2.27. The van der Waals surface area contributed by atoms with Gasteiger partial charge in [0.1, 0.15) is 0 Å². The Kier molecular flexibility index (Phi) is 7.45. The van der Waals surface area contributed by atoms with Crippen molar-refractivity contribution in [2.75, 3.05) is 16.4 Å². The number of aromatic nitrogens is 2. The molecule has 0 unspecified atom stereocenters. The molecule has 2 N–H and O–H groups in total. The Bertz CT molecular complexity index is 890. The van der Waals surface area contributed by atoms with Gasteiger partial charge in [0.05, 0.1) is 5.75 Å². The Morgan fingerprint density at radius 1 is 1.00 bits per heavy atom. The smallest absolute Gasteiger partial charge is 0.234 e. The molecule has 3 rings (SSSR count). The number of carbonyl (C=O) groups excluding carboxylic acids is 1. The fraction of sp³-hybridized carbons (Fsp3) is 0.286. The Morgan fingerprint density at radius 2 is 1.71 bits per heavy atom. The predicted molar refractivity (Wildman–Crippen MR) is 118 cm³/mol. The van der Waals surface area contributed by atoms with Crippen LogP contribution in [-0.4, -0.2) is 21.9 Å². The van der Waals surface area contributed by atoms with Gasteiger partial charge in [-0.15, -0.1) is 10.2 Å². The molecule has 2 aromatic carbocycles. The van der Waals surface area contributed by atoms with E-state index in [0.717, 1.165) is 28.0 Å². The van der Waals surface area contributed by atoms with E-state index in [1.807, 2.05) is 24.3 Å². The number of hydrogen-bond donors (Lipinski definition) is 2. The lowest BCUT2D eigenvalue weighted by Gasteiger charge is -2.14. The number of nitrogens with zero attached hydrogens (tertiary/aromatic N) is 2. The van der Waals surface area contributed by atoms with Crippen LogP contribution in [0.2, 0.25) is 0 Å². The van der Waals surface area contributed by atoms with Crippen LogP contribution in [0.15, 0.2) is 52.9 Å². The summed E-state index contributed by atoms with van der Waals surface area (Å²) >= 11 is 2.88. The minimum Gasteiger partial charge on any atom is -0.356 e. The van der Waals surface area contributed by atoms with Crippen LogP contribution in [0.3, 0.4) is 0 Å². The first kappa shape index (κ1) is 20.4. The fourth-order valence-electron chi connectivity index (χ4n) is 2.82. The predicted octanol–water partition coefficient (Wildman–Crippen LogP) is 5.01. The van der Waals surface area contributed by atoms with E-state index in [4.69, 9.17) is 0 Å². The average Bonchev–Trinajstić information content (AvgIpc) is 3.19. The quantitative estimate of drug-likeness (QED) is 0.484.